The normalized spacial score (nSPS) is 57.9. The molecular formula is C19H29BrO2. The van der Waals surface area contributed by atoms with Crippen molar-refractivity contribution in [3.63, 3.8) is 0 Å². The number of aliphatic hydroxyl groups excluding tert-OH is 1. The van der Waals surface area contributed by atoms with E-state index >= 15 is 0 Å². The number of aliphatic hydroxyl groups is 1. The Bertz CT molecular complexity index is 492. The van der Waals surface area contributed by atoms with Gasteiger partial charge in [0.2, 0.25) is 0 Å². The van der Waals surface area contributed by atoms with Gasteiger partial charge in [0.05, 0.1) is 10.9 Å². The summed E-state index contributed by atoms with van der Waals surface area (Å²) in [6.45, 7) is 4.82. The number of fused-ring (bicyclic) bond motifs is 5. The SMILES string of the molecule is C[C@]12C[C@H](Br)C(=O)C[C@@H]1CC[C@@H]1[C@@H]2CC[C@]2(C)[C@@H](O)CC[C@@H]12. The lowest BCUT2D eigenvalue weighted by molar-refractivity contribution is -0.140. The molecule has 8 atom stereocenters. The largest absolute Gasteiger partial charge is 0.393 e. The van der Waals surface area contributed by atoms with E-state index in [0.717, 1.165) is 31.1 Å². The van der Waals surface area contributed by atoms with Crippen molar-refractivity contribution < 1.29 is 9.90 Å². The molecule has 4 aliphatic carbocycles. The van der Waals surface area contributed by atoms with Crippen LogP contribution in [-0.4, -0.2) is 21.8 Å². The Morgan fingerprint density at radius 1 is 1.05 bits per heavy atom. The molecule has 0 bridgehead atoms. The minimum Gasteiger partial charge on any atom is -0.393 e. The fourth-order valence-electron chi connectivity index (χ4n) is 7.03. The van der Waals surface area contributed by atoms with Crippen molar-refractivity contribution >= 4 is 21.7 Å². The predicted octanol–water partition coefficient (Wildman–Crippen LogP) is 4.33. The molecule has 0 radical (unpaired) electrons. The summed E-state index contributed by atoms with van der Waals surface area (Å²) < 4.78 is 0. The van der Waals surface area contributed by atoms with Gasteiger partial charge in [-0.3, -0.25) is 4.79 Å². The number of carbonyl (C=O) groups excluding carboxylic acids is 1. The second-order valence-electron chi connectivity index (χ2n) is 9.14. The topological polar surface area (TPSA) is 37.3 Å². The third-order valence-electron chi connectivity index (χ3n) is 8.43. The molecule has 22 heavy (non-hydrogen) atoms. The highest BCUT2D eigenvalue weighted by molar-refractivity contribution is 9.10. The average Bonchev–Trinajstić information content (AvgIpc) is 2.77. The first-order chi connectivity index (χ1) is 10.4. The summed E-state index contributed by atoms with van der Waals surface area (Å²) in [5.41, 5.74) is 0.502. The van der Waals surface area contributed by atoms with Gasteiger partial charge in [-0.05, 0) is 79.4 Å². The Labute approximate surface area is 142 Å². The Kier molecular flexibility index (Phi) is 3.59. The van der Waals surface area contributed by atoms with Gasteiger partial charge in [0, 0.05) is 6.42 Å². The number of halogens is 1. The van der Waals surface area contributed by atoms with Gasteiger partial charge in [-0.2, -0.15) is 0 Å². The Balaban J connectivity index is 1.65. The third kappa shape index (κ3) is 1.97. The van der Waals surface area contributed by atoms with Crippen LogP contribution < -0.4 is 0 Å². The Morgan fingerprint density at radius 3 is 2.55 bits per heavy atom. The molecular weight excluding hydrogens is 340 g/mol. The van der Waals surface area contributed by atoms with E-state index in [-0.39, 0.29) is 16.3 Å². The first-order valence-corrected chi connectivity index (χ1v) is 10.1. The standard InChI is InChI=1S/C19H29BrO2/c1-18-8-7-14-12(13(18)5-6-17(18)22)4-3-11-9-16(21)15(20)10-19(11,14)2/h11-15,17,22H,3-10H2,1-2H3/t11-,12-,13-,14-,15-,17-,18-,19-/m0/s1. The van der Waals surface area contributed by atoms with Gasteiger partial charge in [0.1, 0.15) is 5.78 Å². The fraction of sp³-hybridized carbons (Fsp3) is 0.947. The van der Waals surface area contributed by atoms with Crippen molar-refractivity contribution in [3.05, 3.63) is 0 Å². The molecule has 0 saturated heterocycles. The minimum absolute atomic E-state index is 0.0787. The first-order valence-electron chi connectivity index (χ1n) is 9.21. The molecule has 1 N–H and O–H groups in total. The molecule has 0 spiro atoms. The van der Waals surface area contributed by atoms with Crippen LogP contribution in [0.5, 0.6) is 0 Å². The molecule has 0 aromatic rings. The van der Waals surface area contributed by atoms with Crippen molar-refractivity contribution in [1.29, 1.82) is 0 Å². The van der Waals surface area contributed by atoms with Gasteiger partial charge < -0.3 is 5.11 Å². The number of hydrogen-bond donors (Lipinski definition) is 1. The zero-order valence-corrected chi connectivity index (χ0v) is 15.4. The fourth-order valence-corrected chi connectivity index (χ4v) is 7.92. The first kappa shape index (κ1) is 15.6. The molecule has 2 nitrogen and oxygen atoms in total. The van der Waals surface area contributed by atoms with Gasteiger partial charge in [0.25, 0.3) is 0 Å². The number of Topliss-reactive ketones (excluding diaryl/α,β-unsaturated/α-hetero) is 1. The van der Waals surface area contributed by atoms with Crippen LogP contribution in [0.1, 0.15) is 65.2 Å². The van der Waals surface area contributed by atoms with Crippen molar-refractivity contribution in [1.82, 2.24) is 0 Å². The maximum absolute atomic E-state index is 12.1. The van der Waals surface area contributed by atoms with Crippen molar-refractivity contribution in [2.45, 2.75) is 76.1 Å². The van der Waals surface area contributed by atoms with Gasteiger partial charge >= 0.3 is 0 Å². The van der Waals surface area contributed by atoms with Gasteiger partial charge in [0.15, 0.2) is 0 Å². The quantitative estimate of drug-likeness (QED) is 0.646. The number of carbonyl (C=O) groups is 1. The number of rotatable bonds is 0. The van der Waals surface area contributed by atoms with Crippen LogP contribution in [0.3, 0.4) is 0 Å². The summed E-state index contributed by atoms with van der Waals surface area (Å²) in [5, 5.41) is 10.5. The number of alkyl halides is 1. The van der Waals surface area contributed by atoms with Gasteiger partial charge in [-0.1, -0.05) is 29.8 Å². The molecule has 4 aliphatic rings. The van der Waals surface area contributed by atoms with E-state index in [4.69, 9.17) is 0 Å². The molecule has 0 aliphatic heterocycles. The monoisotopic (exact) mass is 368 g/mol. The van der Waals surface area contributed by atoms with Crippen LogP contribution in [0.25, 0.3) is 0 Å². The van der Waals surface area contributed by atoms with E-state index in [1.165, 1.54) is 32.1 Å². The summed E-state index contributed by atoms with van der Waals surface area (Å²) >= 11 is 3.65. The molecule has 3 heteroatoms. The summed E-state index contributed by atoms with van der Waals surface area (Å²) in [4.78, 5) is 12.2. The van der Waals surface area contributed by atoms with E-state index in [2.05, 4.69) is 29.8 Å². The molecule has 0 aromatic heterocycles. The second-order valence-corrected chi connectivity index (χ2v) is 10.2. The van der Waals surface area contributed by atoms with E-state index in [9.17, 15) is 9.90 Å². The lowest BCUT2D eigenvalue weighted by Gasteiger charge is -2.60. The van der Waals surface area contributed by atoms with Crippen molar-refractivity contribution in [3.8, 4) is 0 Å². The van der Waals surface area contributed by atoms with Crippen LogP contribution >= 0.6 is 15.9 Å². The number of hydrogen-bond acceptors (Lipinski definition) is 2. The highest BCUT2D eigenvalue weighted by Gasteiger charge is 2.60. The third-order valence-corrected chi connectivity index (χ3v) is 9.27. The zero-order valence-electron chi connectivity index (χ0n) is 13.9. The Hall–Kier alpha value is 0.110. The molecule has 4 fully saturated rings. The molecule has 0 heterocycles. The maximum atomic E-state index is 12.1. The summed E-state index contributed by atoms with van der Waals surface area (Å²) in [6, 6.07) is 0. The van der Waals surface area contributed by atoms with Gasteiger partial charge in [-0.15, -0.1) is 0 Å². The Morgan fingerprint density at radius 2 is 1.77 bits per heavy atom. The molecule has 124 valence electrons. The van der Waals surface area contributed by atoms with E-state index < -0.39 is 0 Å². The van der Waals surface area contributed by atoms with E-state index in [1.807, 2.05) is 0 Å². The minimum atomic E-state index is -0.0826. The number of ketones is 1. The second kappa shape index (κ2) is 5.05. The average molecular weight is 369 g/mol. The van der Waals surface area contributed by atoms with Crippen LogP contribution in [0, 0.1) is 34.5 Å². The van der Waals surface area contributed by atoms with Gasteiger partial charge in [-0.25, -0.2) is 0 Å². The van der Waals surface area contributed by atoms with E-state index in [0.29, 0.717) is 23.0 Å². The highest BCUT2D eigenvalue weighted by atomic mass is 79.9. The molecule has 0 unspecified atom stereocenters. The van der Waals surface area contributed by atoms with Crippen molar-refractivity contribution in [2.24, 2.45) is 34.5 Å². The van der Waals surface area contributed by atoms with E-state index in [1.54, 1.807) is 0 Å². The summed E-state index contributed by atoms with van der Waals surface area (Å²) in [5.74, 6) is 3.29. The molecule has 0 amide bonds. The van der Waals surface area contributed by atoms with Crippen LogP contribution in [0.15, 0.2) is 0 Å². The lowest BCUT2D eigenvalue weighted by Crippen LogP contribution is -2.55. The summed E-state index contributed by atoms with van der Waals surface area (Å²) in [6.07, 6.45) is 8.92. The predicted molar refractivity (Wildman–Crippen MR) is 90.8 cm³/mol. The zero-order chi connectivity index (χ0) is 15.7. The molecule has 4 rings (SSSR count). The van der Waals surface area contributed by atoms with Crippen molar-refractivity contribution in [2.75, 3.05) is 0 Å². The van der Waals surface area contributed by atoms with Crippen LogP contribution in [-0.2, 0) is 4.79 Å². The molecule has 0 aromatic carbocycles. The lowest BCUT2D eigenvalue weighted by atomic mass is 9.45. The molecule has 4 saturated carbocycles. The summed E-state index contributed by atoms with van der Waals surface area (Å²) in [7, 11) is 0. The smallest absolute Gasteiger partial charge is 0.146 e. The highest BCUT2D eigenvalue weighted by Crippen LogP contribution is 2.66. The van der Waals surface area contributed by atoms with Crippen LogP contribution in [0.2, 0.25) is 0 Å². The van der Waals surface area contributed by atoms with Crippen LogP contribution in [0.4, 0.5) is 0 Å². The maximum Gasteiger partial charge on any atom is 0.146 e.